The predicted molar refractivity (Wildman–Crippen MR) is 95.8 cm³/mol. The van der Waals surface area contributed by atoms with Gasteiger partial charge in [-0.25, -0.2) is 13.2 Å². The van der Waals surface area contributed by atoms with E-state index in [1.807, 2.05) is 0 Å². The molecule has 0 spiro atoms. The van der Waals surface area contributed by atoms with Gasteiger partial charge in [0.2, 0.25) is 10.0 Å². The molecule has 0 atom stereocenters. The van der Waals surface area contributed by atoms with Gasteiger partial charge < -0.3 is 14.1 Å². The lowest BCUT2D eigenvalue weighted by atomic mass is 10.3. The molecule has 0 N–H and O–H groups in total. The molecule has 2 aromatic rings. The van der Waals surface area contributed by atoms with Crippen LogP contribution in [0.25, 0.3) is 0 Å². The largest absolute Gasteiger partial charge is 0.472 e. The minimum absolute atomic E-state index is 0.153. The summed E-state index contributed by atoms with van der Waals surface area (Å²) in [5, 5.41) is 0.453. The number of amides is 1. The fraction of sp³-hybridized carbons (Fsp3) is 0.294. The maximum Gasteiger partial charge on any atom is 0.341 e. The van der Waals surface area contributed by atoms with Crippen LogP contribution in [-0.2, 0) is 19.6 Å². The summed E-state index contributed by atoms with van der Waals surface area (Å²) in [6.45, 7) is 0.344. The molecule has 0 unspecified atom stereocenters. The van der Waals surface area contributed by atoms with Crippen molar-refractivity contribution in [1.82, 2.24) is 9.21 Å². The molecule has 10 heteroatoms. The number of nitrogens with zero attached hydrogens (tertiary/aromatic N) is 2. The summed E-state index contributed by atoms with van der Waals surface area (Å²) < 4.78 is 36.3. The van der Waals surface area contributed by atoms with Crippen LogP contribution < -0.4 is 0 Å². The number of ether oxygens (including phenoxy) is 1. The van der Waals surface area contributed by atoms with Gasteiger partial charge in [-0.3, -0.25) is 4.79 Å². The van der Waals surface area contributed by atoms with E-state index in [9.17, 15) is 18.0 Å². The molecule has 1 aromatic carbocycles. The zero-order chi connectivity index (χ0) is 19.4. The molecule has 144 valence electrons. The molecule has 0 bridgehead atoms. The van der Waals surface area contributed by atoms with E-state index in [-0.39, 0.29) is 42.5 Å². The number of benzene rings is 1. The Morgan fingerprint density at radius 1 is 1.07 bits per heavy atom. The lowest BCUT2D eigenvalue weighted by Crippen LogP contribution is -2.51. The van der Waals surface area contributed by atoms with Gasteiger partial charge in [0.25, 0.3) is 5.91 Å². The molecule has 2 heterocycles. The van der Waals surface area contributed by atoms with Gasteiger partial charge in [-0.1, -0.05) is 11.6 Å². The van der Waals surface area contributed by atoms with Crippen molar-refractivity contribution in [3.63, 3.8) is 0 Å². The fourth-order valence-electron chi connectivity index (χ4n) is 2.62. The van der Waals surface area contributed by atoms with Crippen LogP contribution in [0.1, 0.15) is 10.4 Å². The van der Waals surface area contributed by atoms with Crippen LogP contribution in [0, 0.1) is 0 Å². The van der Waals surface area contributed by atoms with Crippen molar-refractivity contribution in [2.24, 2.45) is 0 Å². The van der Waals surface area contributed by atoms with Crippen molar-refractivity contribution >= 4 is 33.5 Å². The summed E-state index contributed by atoms with van der Waals surface area (Å²) in [5.41, 5.74) is 0.224. The first kappa shape index (κ1) is 19.4. The highest BCUT2D eigenvalue weighted by Crippen LogP contribution is 2.20. The van der Waals surface area contributed by atoms with Crippen molar-refractivity contribution in [2.45, 2.75) is 4.90 Å². The molecule has 1 aromatic heterocycles. The van der Waals surface area contributed by atoms with Crippen molar-refractivity contribution in [3.8, 4) is 0 Å². The van der Waals surface area contributed by atoms with Gasteiger partial charge in [-0.05, 0) is 30.3 Å². The highest BCUT2D eigenvalue weighted by atomic mass is 35.5. The third-order valence-corrected chi connectivity index (χ3v) is 6.29. The van der Waals surface area contributed by atoms with Gasteiger partial charge in [-0.15, -0.1) is 0 Å². The van der Waals surface area contributed by atoms with Crippen LogP contribution in [0.2, 0.25) is 5.02 Å². The number of sulfonamides is 1. The number of furan rings is 1. The molecule has 1 aliphatic rings. The Balaban J connectivity index is 1.53. The second kappa shape index (κ2) is 8.12. The van der Waals surface area contributed by atoms with E-state index in [1.165, 1.54) is 52.1 Å². The zero-order valence-electron chi connectivity index (χ0n) is 14.2. The number of piperazine rings is 1. The third-order valence-electron chi connectivity index (χ3n) is 4.13. The Bertz CT molecular complexity index is 903. The summed E-state index contributed by atoms with van der Waals surface area (Å²) in [6, 6.07) is 7.37. The van der Waals surface area contributed by atoms with Gasteiger partial charge in [-0.2, -0.15) is 4.31 Å². The summed E-state index contributed by atoms with van der Waals surface area (Å²) in [4.78, 5) is 25.5. The van der Waals surface area contributed by atoms with E-state index in [2.05, 4.69) is 0 Å². The Kier molecular flexibility index (Phi) is 5.83. The van der Waals surface area contributed by atoms with Crippen LogP contribution in [-0.4, -0.2) is 62.3 Å². The Labute approximate surface area is 161 Å². The smallest absolute Gasteiger partial charge is 0.341 e. The molecule has 8 nitrogen and oxygen atoms in total. The maximum absolute atomic E-state index is 12.6. The van der Waals surface area contributed by atoms with E-state index in [0.717, 1.165) is 0 Å². The molecule has 1 fully saturated rings. The molecule has 0 aliphatic carbocycles. The molecular formula is C17H17ClN2O6S. The number of esters is 1. The number of carbonyl (C=O) groups is 2. The first-order valence-corrected chi connectivity index (χ1v) is 9.92. The van der Waals surface area contributed by atoms with Crippen LogP contribution in [0.4, 0.5) is 0 Å². The van der Waals surface area contributed by atoms with E-state index in [4.69, 9.17) is 20.8 Å². The second-order valence-electron chi connectivity index (χ2n) is 5.83. The number of carbonyl (C=O) groups excluding carboxylic acids is 2. The van der Waals surface area contributed by atoms with Crippen LogP contribution in [0.3, 0.4) is 0 Å². The molecular weight excluding hydrogens is 396 g/mol. The highest BCUT2D eigenvalue weighted by molar-refractivity contribution is 7.89. The van der Waals surface area contributed by atoms with Crippen molar-refractivity contribution in [1.29, 1.82) is 0 Å². The fourth-order valence-corrected chi connectivity index (χ4v) is 4.16. The first-order valence-electron chi connectivity index (χ1n) is 8.11. The van der Waals surface area contributed by atoms with Crippen LogP contribution >= 0.6 is 11.6 Å². The Hall–Kier alpha value is -2.36. The first-order chi connectivity index (χ1) is 12.9. The number of rotatable bonds is 5. The number of halogens is 1. The average molecular weight is 413 g/mol. The lowest BCUT2D eigenvalue weighted by Gasteiger charge is -2.33. The van der Waals surface area contributed by atoms with Crippen LogP contribution in [0.5, 0.6) is 0 Å². The van der Waals surface area contributed by atoms with Crippen LogP contribution in [0.15, 0.2) is 52.2 Å². The molecule has 27 heavy (non-hydrogen) atoms. The van der Waals surface area contributed by atoms with Gasteiger partial charge in [0.15, 0.2) is 6.61 Å². The minimum Gasteiger partial charge on any atom is -0.472 e. The van der Waals surface area contributed by atoms with Gasteiger partial charge in [0.1, 0.15) is 6.26 Å². The van der Waals surface area contributed by atoms with Crippen molar-refractivity contribution in [3.05, 3.63) is 53.4 Å². The third kappa shape index (κ3) is 4.49. The standard InChI is InChI=1S/C17H17ClN2O6S/c18-14-1-3-15(4-2-14)27(23,24)20-8-6-19(7-9-20)16(21)12-26-17(22)13-5-10-25-11-13/h1-5,10-11H,6-9,12H2. The normalized spacial score (nSPS) is 15.5. The van der Waals surface area contributed by atoms with Gasteiger partial charge in [0, 0.05) is 31.2 Å². The lowest BCUT2D eigenvalue weighted by molar-refractivity contribution is -0.135. The Morgan fingerprint density at radius 2 is 1.74 bits per heavy atom. The summed E-state index contributed by atoms with van der Waals surface area (Å²) in [5.74, 6) is -1.03. The summed E-state index contributed by atoms with van der Waals surface area (Å²) in [6.07, 6.45) is 2.56. The van der Waals surface area contributed by atoms with E-state index in [0.29, 0.717) is 5.02 Å². The molecule has 0 saturated carbocycles. The quantitative estimate of drug-likeness (QED) is 0.692. The zero-order valence-corrected chi connectivity index (χ0v) is 15.8. The van der Waals surface area contributed by atoms with E-state index < -0.39 is 22.6 Å². The molecule has 1 aliphatic heterocycles. The molecule has 0 radical (unpaired) electrons. The molecule has 1 saturated heterocycles. The molecule has 1 amide bonds. The molecule has 3 rings (SSSR count). The topological polar surface area (TPSA) is 97.1 Å². The minimum atomic E-state index is -3.64. The number of hydrogen-bond donors (Lipinski definition) is 0. The Morgan fingerprint density at radius 3 is 2.33 bits per heavy atom. The maximum atomic E-state index is 12.6. The SMILES string of the molecule is O=C(OCC(=O)N1CCN(S(=O)(=O)c2ccc(Cl)cc2)CC1)c1ccoc1. The van der Waals surface area contributed by atoms with E-state index in [1.54, 1.807) is 0 Å². The predicted octanol–water partition coefficient (Wildman–Crippen LogP) is 1.62. The average Bonchev–Trinajstić information content (AvgIpc) is 3.21. The van der Waals surface area contributed by atoms with Crippen molar-refractivity contribution < 1.29 is 27.2 Å². The van der Waals surface area contributed by atoms with E-state index >= 15 is 0 Å². The second-order valence-corrected chi connectivity index (χ2v) is 8.20. The van der Waals surface area contributed by atoms with Gasteiger partial charge >= 0.3 is 5.97 Å². The summed E-state index contributed by atoms with van der Waals surface area (Å²) >= 11 is 5.79. The number of hydrogen-bond acceptors (Lipinski definition) is 6. The van der Waals surface area contributed by atoms with Crippen molar-refractivity contribution in [2.75, 3.05) is 32.8 Å². The van der Waals surface area contributed by atoms with Gasteiger partial charge in [0.05, 0.1) is 16.7 Å². The highest BCUT2D eigenvalue weighted by Gasteiger charge is 2.30. The summed E-state index contributed by atoms with van der Waals surface area (Å²) in [7, 11) is -3.64. The monoisotopic (exact) mass is 412 g/mol.